The van der Waals surface area contributed by atoms with Gasteiger partial charge in [-0.15, -0.1) is 11.3 Å². The molecule has 0 radical (unpaired) electrons. The molecule has 0 spiro atoms. The van der Waals surface area contributed by atoms with Crippen molar-refractivity contribution in [3.8, 4) is 11.5 Å². The van der Waals surface area contributed by atoms with Crippen LogP contribution in [-0.4, -0.2) is 25.7 Å². The number of rotatable bonds is 9. The zero-order valence-electron chi connectivity index (χ0n) is 15.0. The van der Waals surface area contributed by atoms with Gasteiger partial charge in [-0.05, 0) is 63.1 Å². The lowest BCUT2D eigenvalue weighted by Crippen LogP contribution is -2.23. The molecule has 0 bridgehead atoms. The second-order valence-corrected chi connectivity index (χ2v) is 6.79. The van der Waals surface area contributed by atoms with Gasteiger partial charge in [-0.2, -0.15) is 0 Å². The smallest absolute Gasteiger partial charge is 0.244 e. The summed E-state index contributed by atoms with van der Waals surface area (Å²) in [6.07, 6.45) is 4.16. The third-order valence-electron chi connectivity index (χ3n) is 3.48. The monoisotopic (exact) mass is 359 g/mol. The molecule has 0 aliphatic heterocycles. The molecule has 0 saturated carbocycles. The minimum Gasteiger partial charge on any atom is -0.490 e. The van der Waals surface area contributed by atoms with Crippen LogP contribution in [0.5, 0.6) is 11.5 Å². The van der Waals surface area contributed by atoms with Gasteiger partial charge in [-0.25, -0.2) is 0 Å². The average molecular weight is 359 g/mol. The van der Waals surface area contributed by atoms with Crippen molar-refractivity contribution in [2.75, 3.05) is 19.8 Å². The minimum absolute atomic E-state index is 0.0815. The fourth-order valence-electron chi connectivity index (χ4n) is 2.34. The fraction of sp³-hybridized carbons (Fsp3) is 0.350. The Bertz CT molecular complexity index is 721. The van der Waals surface area contributed by atoms with E-state index in [-0.39, 0.29) is 5.91 Å². The maximum absolute atomic E-state index is 11.9. The molecule has 1 aromatic carbocycles. The molecule has 134 valence electrons. The fourth-order valence-corrected chi connectivity index (χ4v) is 3.12. The van der Waals surface area contributed by atoms with E-state index >= 15 is 0 Å². The van der Waals surface area contributed by atoms with Crippen LogP contribution in [-0.2, 0) is 11.2 Å². The second kappa shape index (κ2) is 9.89. The van der Waals surface area contributed by atoms with E-state index in [2.05, 4.69) is 12.2 Å². The Balaban J connectivity index is 1.85. The average Bonchev–Trinajstić information content (AvgIpc) is 3.01. The number of nitrogens with one attached hydrogen (secondary N) is 1. The van der Waals surface area contributed by atoms with Gasteiger partial charge in [-0.3, -0.25) is 4.79 Å². The summed E-state index contributed by atoms with van der Waals surface area (Å²) < 4.78 is 11.2. The first-order valence-corrected chi connectivity index (χ1v) is 9.35. The van der Waals surface area contributed by atoms with Crippen LogP contribution < -0.4 is 14.8 Å². The Morgan fingerprint density at radius 1 is 1.12 bits per heavy atom. The van der Waals surface area contributed by atoms with Crippen molar-refractivity contribution >= 4 is 23.3 Å². The van der Waals surface area contributed by atoms with Gasteiger partial charge in [0.15, 0.2) is 11.5 Å². The molecule has 5 heteroatoms. The number of benzene rings is 1. The number of carbonyl (C=O) groups is 1. The summed E-state index contributed by atoms with van der Waals surface area (Å²) in [7, 11) is 0. The van der Waals surface area contributed by atoms with Crippen molar-refractivity contribution in [2.24, 2.45) is 0 Å². The molecule has 2 aromatic rings. The number of ether oxygens (including phenoxy) is 2. The summed E-state index contributed by atoms with van der Waals surface area (Å²) in [5, 5.41) is 2.91. The number of carbonyl (C=O) groups excluding carboxylic acids is 1. The molecule has 1 amide bonds. The number of aryl methyl sites for hydroxylation is 1. The second-order valence-electron chi connectivity index (χ2n) is 5.47. The number of hydrogen-bond donors (Lipinski definition) is 1. The van der Waals surface area contributed by atoms with E-state index in [1.807, 2.05) is 50.3 Å². The quantitative estimate of drug-likeness (QED) is 0.682. The minimum atomic E-state index is -0.0815. The van der Waals surface area contributed by atoms with E-state index in [0.29, 0.717) is 19.8 Å². The van der Waals surface area contributed by atoms with Crippen molar-refractivity contribution in [2.45, 2.75) is 27.2 Å². The van der Waals surface area contributed by atoms with Crippen LogP contribution in [0.3, 0.4) is 0 Å². The highest BCUT2D eigenvalue weighted by atomic mass is 32.1. The number of hydrogen-bond acceptors (Lipinski definition) is 4. The first-order chi connectivity index (χ1) is 12.1. The third kappa shape index (κ3) is 6.27. The predicted molar refractivity (Wildman–Crippen MR) is 104 cm³/mol. The van der Waals surface area contributed by atoms with E-state index in [1.54, 1.807) is 17.4 Å². The summed E-state index contributed by atoms with van der Waals surface area (Å²) in [4.78, 5) is 14.2. The Morgan fingerprint density at radius 2 is 1.88 bits per heavy atom. The lowest BCUT2D eigenvalue weighted by atomic mass is 10.1. The molecule has 0 atom stereocenters. The van der Waals surface area contributed by atoms with Crippen LogP contribution in [0.2, 0.25) is 0 Å². The molecule has 0 aliphatic carbocycles. The standard InChI is InChI=1S/C20H25NO3S/c1-4-23-18-10-7-16(14-19(18)24-5-2)12-13-21-20(22)11-9-17-8-6-15(3)25-17/h6-11,14H,4-5,12-13H2,1-3H3,(H,21,22)/b11-9+. The lowest BCUT2D eigenvalue weighted by molar-refractivity contribution is -0.116. The van der Waals surface area contributed by atoms with Gasteiger partial charge in [0, 0.05) is 22.4 Å². The predicted octanol–water partition coefficient (Wildman–Crippen LogP) is 4.23. The highest BCUT2D eigenvalue weighted by Crippen LogP contribution is 2.28. The van der Waals surface area contributed by atoms with Crippen molar-refractivity contribution in [3.63, 3.8) is 0 Å². The van der Waals surface area contributed by atoms with E-state index < -0.39 is 0 Å². The highest BCUT2D eigenvalue weighted by molar-refractivity contribution is 7.12. The molecule has 1 aromatic heterocycles. The highest BCUT2D eigenvalue weighted by Gasteiger charge is 2.06. The molecular weight excluding hydrogens is 334 g/mol. The Hall–Kier alpha value is -2.27. The van der Waals surface area contributed by atoms with E-state index in [4.69, 9.17) is 9.47 Å². The summed E-state index contributed by atoms with van der Waals surface area (Å²) in [5.74, 6) is 1.43. The van der Waals surface area contributed by atoms with Gasteiger partial charge in [0.25, 0.3) is 0 Å². The van der Waals surface area contributed by atoms with Gasteiger partial charge in [0.1, 0.15) is 0 Å². The van der Waals surface area contributed by atoms with Crippen LogP contribution >= 0.6 is 11.3 Å². The van der Waals surface area contributed by atoms with Gasteiger partial charge >= 0.3 is 0 Å². The van der Waals surface area contributed by atoms with Crippen molar-refractivity contribution in [1.29, 1.82) is 0 Å². The summed E-state index contributed by atoms with van der Waals surface area (Å²) in [5.41, 5.74) is 1.10. The molecular formula is C20H25NO3S. The normalized spacial score (nSPS) is 10.8. The van der Waals surface area contributed by atoms with Gasteiger partial charge in [0.05, 0.1) is 13.2 Å². The SMILES string of the molecule is CCOc1ccc(CCNC(=O)/C=C/c2ccc(C)s2)cc1OCC. The Kier molecular flexibility index (Phi) is 7.54. The molecule has 25 heavy (non-hydrogen) atoms. The molecule has 4 nitrogen and oxygen atoms in total. The molecule has 0 aliphatic rings. The Morgan fingerprint density at radius 3 is 2.56 bits per heavy atom. The van der Waals surface area contributed by atoms with E-state index in [0.717, 1.165) is 28.4 Å². The third-order valence-corrected chi connectivity index (χ3v) is 4.45. The first-order valence-electron chi connectivity index (χ1n) is 8.53. The molecule has 0 saturated heterocycles. The zero-order valence-corrected chi connectivity index (χ0v) is 15.8. The van der Waals surface area contributed by atoms with Gasteiger partial charge < -0.3 is 14.8 Å². The number of thiophene rings is 1. The maximum atomic E-state index is 11.9. The van der Waals surface area contributed by atoms with Gasteiger partial charge in [-0.1, -0.05) is 6.07 Å². The summed E-state index contributed by atoms with van der Waals surface area (Å²) >= 11 is 1.67. The summed E-state index contributed by atoms with van der Waals surface area (Å²) in [6, 6.07) is 9.96. The largest absolute Gasteiger partial charge is 0.490 e. The number of amides is 1. The van der Waals surface area contributed by atoms with Crippen LogP contribution in [0, 0.1) is 6.92 Å². The van der Waals surface area contributed by atoms with Crippen molar-refractivity contribution in [3.05, 3.63) is 51.7 Å². The van der Waals surface area contributed by atoms with Crippen LogP contribution in [0.4, 0.5) is 0 Å². The molecule has 1 N–H and O–H groups in total. The van der Waals surface area contributed by atoms with E-state index in [9.17, 15) is 4.79 Å². The maximum Gasteiger partial charge on any atom is 0.244 e. The topological polar surface area (TPSA) is 47.6 Å². The van der Waals surface area contributed by atoms with Crippen LogP contribution in [0.25, 0.3) is 6.08 Å². The van der Waals surface area contributed by atoms with Crippen molar-refractivity contribution in [1.82, 2.24) is 5.32 Å². The van der Waals surface area contributed by atoms with Crippen molar-refractivity contribution < 1.29 is 14.3 Å². The molecule has 2 rings (SSSR count). The first kappa shape index (κ1) is 19.1. The van der Waals surface area contributed by atoms with Gasteiger partial charge in [0.2, 0.25) is 5.91 Å². The van der Waals surface area contributed by atoms with Crippen LogP contribution in [0.1, 0.15) is 29.2 Å². The Labute approximate surface area is 153 Å². The zero-order chi connectivity index (χ0) is 18.1. The lowest BCUT2D eigenvalue weighted by Gasteiger charge is -2.12. The molecule has 0 unspecified atom stereocenters. The molecule has 1 heterocycles. The van der Waals surface area contributed by atoms with Crippen LogP contribution in [0.15, 0.2) is 36.4 Å². The summed E-state index contributed by atoms with van der Waals surface area (Å²) in [6.45, 7) is 7.72. The molecule has 0 fully saturated rings. The van der Waals surface area contributed by atoms with E-state index in [1.165, 1.54) is 4.88 Å².